The summed E-state index contributed by atoms with van der Waals surface area (Å²) in [5.74, 6) is -3.84. The Bertz CT molecular complexity index is 196. The summed E-state index contributed by atoms with van der Waals surface area (Å²) >= 11 is 0. The standard InChI is InChI=1S/C6H9NO5/c1-3(8)7-4(6(11)12)2-5(9)10/h4H,2H2,1H3,(H,7,8)(H,9,10)(H,11,12)/p-2/t4-/m1/s1. The van der Waals surface area contributed by atoms with E-state index in [0.29, 0.717) is 0 Å². The molecule has 0 aliphatic heterocycles. The molecule has 0 rings (SSSR count). The molecule has 6 heteroatoms. The van der Waals surface area contributed by atoms with E-state index in [1.165, 1.54) is 0 Å². The van der Waals surface area contributed by atoms with Crippen LogP contribution in [0.2, 0.25) is 0 Å². The van der Waals surface area contributed by atoms with Gasteiger partial charge in [0.15, 0.2) is 0 Å². The Kier molecular flexibility index (Phi) is 3.75. The molecule has 0 aromatic rings. The number of aliphatic carboxylic acids is 2. The number of carbonyl (C=O) groups excluding carboxylic acids is 3. The molecule has 12 heavy (non-hydrogen) atoms. The molecule has 0 spiro atoms. The van der Waals surface area contributed by atoms with E-state index in [-0.39, 0.29) is 0 Å². The third-order valence-corrected chi connectivity index (χ3v) is 1.03. The van der Waals surface area contributed by atoms with Gasteiger partial charge < -0.3 is 25.1 Å². The second kappa shape index (κ2) is 4.32. The number of nitrogens with one attached hydrogen (secondary N) is 1. The molecule has 68 valence electrons. The highest BCUT2D eigenvalue weighted by molar-refractivity contribution is 5.84. The van der Waals surface area contributed by atoms with Crippen LogP contribution in [0.25, 0.3) is 0 Å². The fourth-order valence-corrected chi connectivity index (χ4v) is 0.605. The second-order valence-corrected chi connectivity index (χ2v) is 2.15. The van der Waals surface area contributed by atoms with Crippen molar-refractivity contribution in [3.05, 3.63) is 0 Å². The van der Waals surface area contributed by atoms with Crippen LogP contribution in [-0.4, -0.2) is 23.9 Å². The predicted octanol–water partition coefficient (Wildman–Crippen LogP) is -3.62. The Morgan fingerprint density at radius 3 is 2.08 bits per heavy atom. The summed E-state index contributed by atoms with van der Waals surface area (Å²) < 4.78 is 0. The first-order chi connectivity index (χ1) is 5.43. The van der Waals surface area contributed by atoms with Gasteiger partial charge in [-0.3, -0.25) is 4.79 Å². The molecule has 0 aliphatic rings. The van der Waals surface area contributed by atoms with Gasteiger partial charge in [0, 0.05) is 19.3 Å². The quantitative estimate of drug-likeness (QED) is 0.472. The fourth-order valence-electron chi connectivity index (χ4n) is 0.605. The monoisotopic (exact) mass is 173 g/mol. The Hall–Kier alpha value is -1.59. The molecular weight excluding hydrogens is 166 g/mol. The molecule has 0 fully saturated rings. The van der Waals surface area contributed by atoms with Gasteiger partial charge >= 0.3 is 0 Å². The molecule has 1 N–H and O–H groups in total. The first kappa shape index (κ1) is 10.4. The molecule has 0 unspecified atom stereocenters. The third kappa shape index (κ3) is 4.26. The molecule has 0 bridgehead atoms. The third-order valence-electron chi connectivity index (χ3n) is 1.03. The topological polar surface area (TPSA) is 109 Å². The molecule has 0 saturated heterocycles. The van der Waals surface area contributed by atoms with Crippen LogP contribution in [0.1, 0.15) is 13.3 Å². The van der Waals surface area contributed by atoms with E-state index in [1.54, 1.807) is 0 Å². The molecular formula is C6H7NO5-2. The number of carboxylic acids is 2. The summed E-state index contributed by atoms with van der Waals surface area (Å²) in [5, 5.41) is 22.0. The van der Waals surface area contributed by atoms with Crippen molar-refractivity contribution in [3.63, 3.8) is 0 Å². The number of carbonyl (C=O) groups is 3. The van der Waals surface area contributed by atoms with Crippen LogP contribution >= 0.6 is 0 Å². The second-order valence-electron chi connectivity index (χ2n) is 2.15. The molecule has 0 aromatic carbocycles. The van der Waals surface area contributed by atoms with E-state index < -0.39 is 30.3 Å². The van der Waals surface area contributed by atoms with Crippen molar-refractivity contribution in [3.8, 4) is 0 Å². The van der Waals surface area contributed by atoms with Crippen LogP contribution in [0.3, 0.4) is 0 Å². The van der Waals surface area contributed by atoms with Gasteiger partial charge in [-0.2, -0.15) is 0 Å². The average molecular weight is 173 g/mol. The van der Waals surface area contributed by atoms with Crippen LogP contribution in [0.5, 0.6) is 0 Å². The van der Waals surface area contributed by atoms with Crippen molar-refractivity contribution in [2.24, 2.45) is 0 Å². The first-order valence-corrected chi connectivity index (χ1v) is 3.11. The molecule has 1 amide bonds. The van der Waals surface area contributed by atoms with E-state index in [0.717, 1.165) is 6.92 Å². The van der Waals surface area contributed by atoms with Gasteiger partial charge in [0.25, 0.3) is 0 Å². The van der Waals surface area contributed by atoms with E-state index in [4.69, 9.17) is 0 Å². The Morgan fingerprint density at radius 1 is 1.33 bits per heavy atom. The van der Waals surface area contributed by atoms with Crippen LogP contribution in [0.15, 0.2) is 0 Å². The SMILES string of the molecule is CC(=O)N[C@H](CC(=O)[O-])C(=O)[O-]. The molecule has 1 atom stereocenters. The lowest BCUT2D eigenvalue weighted by Gasteiger charge is -2.18. The maximum atomic E-state index is 10.3. The highest BCUT2D eigenvalue weighted by Gasteiger charge is 2.10. The Balaban J connectivity index is 4.14. The van der Waals surface area contributed by atoms with Gasteiger partial charge in [-0.1, -0.05) is 0 Å². The average Bonchev–Trinajstić information content (AvgIpc) is 1.83. The minimum atomic E-state index is -1.64. The van der Waals surface area contributed by atoms with Crippen molar-refractivity contribution >= 4 is 17.8 Å². The lowest BCUT2D eigenvalue weighted by Crippen LogP contribution is -2.49. The van der Waals surface area contributed by atoms with Crippen molar-refractivity contribution in [2.75, 3.05) is 0 Å². The van der Waals surface area contributed by atoms with E-state index >= 15 is 0 Å². The minimum absolute atomic E-state index is 0.634. The summed E-state index contributed by atoms with van der Waals surface area (Å²) in [4.78, 5) is 30.4. The molecule has 0 aromatic heterocycles. The lowest BCUT2D eigenvalue weighted by molar-refractivity contribution is -0.317. The van der Waals surface area contributed by atoms with Crippen molar-refractivity contribution in [1.82, 2.24) is 5.32 Å². The summed E-state index contributed by atoms with van der Waals surface area (Å²) in [6, 6.07) is -1.52. The largest absolute Gasteiger partial charge is 0.550 e. The van der Waals surface area contributed by atoms with Gasteiger partial charge in [-0.15, -0.1) is 0 Å². The summed E-state index contributed by atoms with van der Waals surface area (Å²) in [7, 11) is 0. The van der Waals surface area contributed by atoms with E-state index in [9.17, 15) is 24.6 Å². The highest BCUT2D eigenvalue weighted by atomic mass is 16.4. The van der Waals surface area contributed by atoms with Crippen LogP contribution in [0.4, 0.5) is 0 Å². The van der Waals surface area contributed by atoms with Gasteiger partial charge in [0.1, 0.15) is 0 Å². The van der Waals surface area contributed by atoms with Crippen molar-refractivity contribution < 1.29 is 24.6 Å². The maximum absolute atomic E-state index is 10.3. The van der Waals surface area contributed by atoms with Gasteiger partial charge in [0.05, 0.1) is 12.0 Å². The number of hydrogen-bond acceptors (Lipinski definition) is 5. The van der Waals surface area contributed by atoms with E-state index in [2.05, 4.69) is 0 Å². The predicted molar refractivity (Wildman–Crippen MR) is 32.2 cm³/mol. The normalized spacial score (nSPS) is 11.8. The zero-order chi connectivity index (χ0) is 9.72. The molecule has 0 aliphatic carbocycles. The van der Waals surface area contributed by atoms with Crippen molar-refractivity contribution in [2.45, 2.75) is 19.4 Å². The summed E-state index contributed by atoms with van der Waals surface area (Å²) in [6.07, 6.45) is -0.790. The first-order valence-electron chi connectivity index (χ1n) is 3.11. The lowest BCUT2D eigenvalue weighted by atomic mass is 10.2. The number of hydrogen-bond donors (Lipinski definition) is 1. The fraction of sp³-hybridized carbons (Fsp3) is 0.500. The van der Waals surface area contributed by atoms with Gasteiger partial charge in [-0.05, 0) is 0 Å². The number of carboxylic acid groups (broad SMARTS) is 2. The zero-order valence-electron chi connectivity index (χ0n) is 6.33. The van der Waals surface area contributed by atoms with Crippen molar-refractivity contribution in [1.29, 1.82) is 0 Å². The van der Waals surface area contributed by atoms with Crippen LogP contribution in [0, 0.1) is 0 Å². The minimum Gasteiger partial charge on any atom is -0.550 e. The van der Waals surface area contributed by atoms with Gasteiger partial charge in [-0.25, -0.2) is 0 Å². The smallest absolute Gasteiger partial charge is 0.217 e. The summed E-state index contributed by atoms with van der Waals surface area (Å²) in [6.45, 7) is 1.07. The van der Waals surface area contributed by atoms with Crippen LogP contribution < -0.4 is 15.5 Å². The molecule has 0 saturated carbocycles. The molecule has 0 radical (unpaired) electrons. The highest BCUT2D eigenvalue weighted by Crippen LogP contribution is 1.88. The number of amides is 1. The summed E-state index contributed by atoms with van der Waals surface area (Å²) in [5.41, 5.74) is 0. The Morgan fingerprint density at radius 2 is 1.83 bits per heavy atom. The maximum Gasteiger partial charge on any atom is 0.217 e. The zero-order valence-corrected chi connectivity index (χ0v) is 6.33. The molecule has 0 heterocycles. The Labute approximate surface area is 68.2 Å². The van der Waals surface area contributed by atoms with Crippen LogP contribution in [-0.2, 0) is 14.4 Å². The van der Waals surface area contributed by atoms with Gasteiger partial charge in [0.2, 0.25) is 5.91 Å². The van der Waals surface area contributed by atoms with E-state index in [1.807, 2.05) is 5.32 Å². The molecule has 6 nitrogen and oxygen atoms in total. The number of rotatable bonds is 4.